The average Bonchev–Trinajstić information content (AvgIpc) is 3.55. The Morgan fingerprint density at radius 3 is 2.23 bits per heavy atom. The molecule has 4 rings (SSSR count). The third-order valence-electron chi connectivity index (χ3n) is 11.3. The first kappa shape index (κ1) is 51.8. The van der Waals surface area contributed by atoms with Crippen molar-refractivity contribution in [3.8, 4) is 22.4 Å². The SMILES string of the molecule is CC.CCC(C)CCCCNC.CCn1c(-c2cccnc2C(C)C)c(CC(C)(C)COC=O)c2cc(-c3cc(CF)cc(CC(C=O)NC(=O)C(C)C(C)C)c3)ccc21. The largest absolute Gasteiger partial charge is 0.467 e. The van der Waals surface area contributed by atoms with Gasteiger partial charge in [-0.1, -0.05) is 114 Å². The zero-order valence-electron chi connectivity index (χ0n) is 39.2. The molecule has 0 spiro atoms. The number of carbonyl (C=O) groups excluding carboxylic acids is 3. The van der Waals surface area contributed by atoms with E-state index in [1.54, 1.807) is 6.07 Å². The van der Waals surface area contributed by atoms with Gasteiger partial charge in [0.2, 0.25) is 5.91 Å². The standard InChI is InChI=1S/C40H50FN3O4.C9H21N.C2H6/c1-9-44-36-13-12-30(31-16-28(15-29(17-31)21-41)18-32(22-45)43-39(47)27(6)25(2)3)19-34(36)35(20-40(7,8)23-48-24-46)38(44)33-11-10-14-42-37(33)26(4)5;1-4-9(2)7-5-6-8-10-3;1-2/h10-17,19,22,24-27,32H,9,18,20-21,23H2,1-8H3,(H,43,47);9-10H,4-8H2,1-3H3;1-2H3. The molecule has 2 N–H and O–H groups in total. The fraction of sp³-hybridized carbons (Fsp3) is 0.569. The summed E-state index contributed by atoms with van der Waals surface area (Å²) in [6, 6.07) is 15.3. The van der Waals surface area contributed by atoms with Crippen LogP contribution in [0, 0.1) is 23.2 Å². The molecule has 8 nitrogen and oxygen atoms in total. The maximum absolute atomic E-state index is 14.2. The van der Waals surface area contributed by atoms with Gasteiger partial charge in [0.05, 0.1) is 24.0 Å². The third-order valence-corrected chi connectivity index (χ3v) is 11.3. The number of fused-ring (bicyclic) bond motifs is 1. The summed E-state index contributed by atoms with van der Waals surface area (Å²) in [5, 5.41) is 7.09. The van der Waals surface area contributed by atoms with Crippen molar-refractivity contribution >= 4 is 29.6 Å². The number of amides is 1. The van der Waals surface area contributed by atoms with E-state index in [1.165, 1.54) is 32.2 Å². The zero-order valence-corrected chi connectivity index (χ0v) is 39.2. The number of pyridine rings is 1. The topological polar surface area (TPSA) is 102 Å². The smallest absolute Gasteiger partial charge is 0.293 e. The zero-order chi connectivity index (χ0) is 45.0. The Morgan fingerprint density at radius 2 is 1.65 bits per heavy atom. The number of benzene rings is 2. The number of hydrogen-bond donors (Lipinski definition) is 2. The van der Waals surface area contributed by atoms with E-state index in [9.17, 15) is 18.8 Å². The summed E-state index contributed by atoms with van der Waals surface area (Å²) in [6.45, 7) is 27.0. The highest BCUT2D eigenvalue weighted by molar-refractivity contribution is 5.95. The summed E-state index contributed by atoms with van der Waals surface area (Å²) in [5.74, 6) is 0.861. The second-order valence-electron chi connectivity index (χ2n) is 17.4. The molecule has 0 aliphatic rings. The van der Waals surface area contributed by atoms with Crippen LogP contribution < -0.4 is 10.6 Å². The predicted molar refractivity (Wildman–Crippen MR) is 249 cm³/mol. The van der Waals surface area contributed by atoms with Gasteiger partial charge in [0.1, 0.15) is 13.0 Å². The van der Waals surface area contributed by atoms with E-state index in [0.29, 0.717) is 18.5 Å². The molecule has 0 aliphatic carbocycles. The Balaban J connectivity index is 0.000000904. The lowest BCUT2D eigenvalue weighted by Crippen LogP contribution is -2.41. The number of aromatic nitrogens is 2. The quantitative estimate of drug-likeness (QED) is 0.0604. The number of unbranched alkanes of at least 4 members (excludes halogenated alkanes) is 1. The molecule has 2 aromatic heterocycles. The lowest BCUT2D eigenvalue weighted by Gasteiger charge is -2.24. The molecule has 2 heterocycles. The molecule has 0 fully saturated rings. The van der Waals surface area contributed by atoms with Gasteiger partial charge in [0, 0.05) is 40.5 Å². The van der Waals surface area contributed by atoms with E-state index in [1.807, 2.05) is 66.1 Å². The van der Waals surface area contributed by atoms with Crippen LogP contribution >= 0.6 is 0 Å². The van der Waals surface area contributed by atoms with E-state index in [0.717, 1.165) is 68.9 Å². The van der Waals surface area contributed by atoms with E-state index >= 15 is 0 Å². The maximum Gasteiger partial charge on any atom is 0.293 e. The van der Waals surface area contributed by atoms with Crippen LogP contribution in [0.25, 0.3) is 33.3 Å². The molecule has 0 radical (unpaired) electrons. The van der Waals surface area contributed by atoms with Crippen LogP contribution in [0.15, 0.2) is 54.7 Å². The second kappa shape index (κ2) is 26.1. The Kier molecular flexibility index (Phi) is 22.5. The molecular formula is C51H77FN4O4. The van der Waals surface area contributed by atoms with Crippen molar-refractivity contribution < 1.29 is 23.5 Å². The van der Waals surface area contributed by atoms with Crippen LogP contribution in [0.5, 0.6) is 0 Å². The number of halogens is 1. The van der Waals surface area contributed by atoms with Gasteiger partial charge in [-0.2, -0.15) is 0 Å². The molecule has 2 aromatic carbocycles. The van der Waals surface area contributed by atoms with E-state index in [-0.39, 0.29) is 42.1 Å². The minimum absolute atomic E-state index is 0.139. The van der Waals surface area contributed by atoms with E-state index < -0.39 is 12.7 Å². The second-order valence-corrected chi connectivity index (χ2v) is 17.4. The van der Waals surface area contributed by atoms with Gasteiger partial charge in [-0.3, -0.25) is 14.6 Å². The predicted octanol–water partition coefficient (Wildman–Crippen LogP) is 11.7. The lowest BCUT2D eigenvalue weighted by molar-refractivity contribution is -0.131. The number of alkyl halides is 1. The average molecular weight is 829 g/mol. The van der Waals surface area contributed by atoms with Crippen molar-refractivity contribution in [2.75, 3.05) is 20.2 Å². The first-order valence-corrected chi connectivity index (χ1v) is 22.4. The fourth-order valence-corrected chi connectivity index (χ4v) is 7.41. The minimum atomic E-state index is -0.720. The summed E-state index contributed by atoms with van der Waals surface area (Å²) < 4.78 is 21.8. The Bertz CT molecular complexity index is 1920. The number of hydrogen-bond acceptors (Lipinski definition) is 6. The molecule has 1 amide bonds. The van der Waals surface area contributed by atoms with Crippen LogP contribution in [0.2, 0.25) is 0 Å². The molecule has 4 aromatic rings. The molecule has 3 unspecified atom stereocenters. The summed E-state index contributed by atoms with van der Waals surface area (Å²) in [6.07, 6.45) is 8.93. The molecule has 0 saturated heterocycles. The van der Waals surface area contributed by atoms with Crippen LogP contribution in [0.3, 0.4) is 0 Å². The number of nitrogens with one attached hydrogen (secondary N) is 2. The van der Waals surface area contributed by atoms with Crippen LogP contribution in [0.1, 0.15) is 137 Å². The van der Waals surface area contributed by atoms with Crippen molar-refractivity contribution in [2.24, 2.45) is 23.2 Å². The highest BCUT2D eigenvalue weighted by atomic mass is 19.1. The number of carbonyl (C=O) groups is 3. The van der Waals surface area contributed by atoms with Gasteiger partial charge in [0.25, 0.3) is 6.47 Å². The summed E-state index contributed by atoms with van der Waals surface area (Å²) in [4.78, 5) is 40.7. The highest BCUT2D eigenvalue weighted by Gasteiger charge is 2.28. The van der Waals surface area contributed by atoms with Crippen molar-refractivity contribution in [1.82, 2.24) is 20.2 Å². The first-order chi connectivity index (χ1) is 28.6. The minimum Gasteiger partial charge on any atom is -0.467 e. The number of nitrogens with zero attached hydrogens (tertiary/aromatic N) is 2. The number of aryl methyl sites for hydroxylation is 1. The summed E-state index contributed by atoms with van der Waals surface area (Å²) in [5.41, 5.74) is 8.05. The normalized spacial score (nSPS) is 12.9. The van der Waals surface area contributed by atoms with Crippen LogP contribution in [-0.4, -0.2) is 54.5 Å². The van der Waals surface area contributed by atoms with Crippen molar-refractivity contribution in [1.29, 1.82) is 0 Å². The number of ether oxygens (including phenoxy) is 1. The van der Waals surface area contributed by atoms with Crippen LogP contribution in [-0.2, 0) is 45.2 Å². The van der Waals surface area contributed by atoms with Gasteiger partial charge in [0.15, 0.2) is 0 Å². The van der Waals surface area contributed by atoms with Crippen molar-refractivity contribution in [3.05, 3.63) is 77.1 Å². The van der Waals surface area contributed by atoms with Gasteiger partial charge in [-0.05, 0) is 116 Å². The van der Waals surface area contributed by atoms with Crippen molar-refractivity contribution in [3.63, 3.8) is 0 Å². The Morgan fingerprint density at radius 1 is 0.950 bits per heavy atom. The van der Waals surface area contributed by atoms with Crippen molar-refractivity contribution in [2.45, 2.75) is 147 Å². The third kappa shape index (κ3) is 15.0. The summed E-state index contributed by atoms with van der Waals surface area (Å²) in [7, 11) is 2.02. The molecule has 60 heavy (non-hydrogen) atoms. The maximum atomic E-state index is 14.2. The summed E-state index contributed by atoms with van der Waals surface area (Å²) >= 11 is 0. The van der Waals surface area contributed by atoms with Gasteiger partial charge >= 0.3 is 0 Å². The fourth-order valence-electron chi connectivity index (χ4n) is 7.41. The highest BCUT2D eigenvalue weighted by Crippen LogP contribution is 2.41. The van der Waals surface area contributed by atoms with Crippen LogP contribution in [0.4, 0.5) is 4.39 Å². The molecular weight excluding hydrogens is 752 g/mol. The van der Waals surface area contributed by atoms with Gasteiger partial charge in [-0.15, -0.1) is 0 Å². The lowest BCUT2D eigenvalue weighted by atomic mass is 9.84. The van der Waals surface area contributed by atoms with E-state index in [4.69, 9.17) is 9.72 Å². The van der Waals surface area contributed by atoms with Gasteiger partial charge < -0.3 is 24.7 Å². The molecule has 0 aliphatic heterocycles. The molecule has 332 valence electrons. The Hall–Kier alpha value is -4.37. The first-order valence-electron chi connectivity index (χ1n) is 22.4. The van der Waals surface area contributed by atoms with Gasteiger partial charge in [-0.25, -0.2) is 4.39 Å². The molecule has 9 heteroatoms. The number of rotatable bonds is 22. The Labute approximate surface area is 361 Å². The number of aldehydes is 1. The molecule has 3 atom stereocenters. The molecule has 0 saturated carbocycles. The monoisotopic (exact) mass is 829 g/mol. The molecule has 0 bridgehead atoms. The van der Waals surface area contributed by atoms with E-state index in [2.05, 4.69) is 87.9 Å².